The van der Waals surface area contributed by atoms with Gasteiger partial charge in [0.05, 0.1) is 11.6 Å². The number of halogens is 2. The van der Waals surface area contributed by atoms with Gasteiger partial charge >= 0.3 is 0 Å². The Morgan fingerprint density at radius 2 is 2.04 bits per heavy atom. The number of carbonyl (C=O) groups is 1. The highest BCUT2D eigenvalue weighted by atomic mass is 35.5. The van der Waals surface area contributed by atoms with Crippen molar-refractivity contribution in [2.24, 2.45) is 0 Å². The number of rotatable bonds is 6. The van der Waals surface area contributed by atoms with E-state index in [1.807, 2.05) is 38.1 Å². The molecule has 0 radical (unpaired) electrons. The van der Waals surface area contributed by atoms with Crippen molar-refractivity contribution in [2.45, 2.75) is 20.3 Å². The first-order valence-corrected chi connectivity index (χ1v) is 8.82. The number of aryl methyl sites for hydroxylation is 1. The summed E-state index contributed by atoms with van der Waals surface area (Å²) in [5.74, 6) is -0.117. The average Bonchev–Trinajstić information content (AvgIpc) is 2.60. The normalized spacial score (nSPS) is 11.0. The number of amides is 1. The van der Waals surface area contributed by atoms with Crippen LogP contribution in [0.15, 0.2) is 42.0 Å². The molecule has 0 spiro atoms. The molecule has 0 saturated heterocycles. The zero-order valence-electron chi connectivity index (χ0n) is 14.5. The molecule has 2 aromatic carbocycles. The van der Waals surface area contributed by atoms with E-state index in [9.17, 15) is 10.1 Å². The molecule has 0 aliphatic heterocycles. The molecule has 4 nitrogen and oxygen atoms in total. The van der Waals surface area contributed by atoms with Gasteiger partial charge in [0.2, 0.25) is 0 Å². The summed E-state index contributed by atoms with van der Waals surface area (Å²) in [4.78, 5) is 12.5. The molecule has 0 atom stereocenters. The van der Waals surface area contributed by atoms with Crippen LogP contribution in [0.25, 0.3) is 6.08 Å². The van der Waals surface area contributed by atoms with Crippen molar-refractivity contribution in [3.8, 4) is 11.8 Å². The van der Waals surface area contributed by atoms with Crippen molar-refractivity contribution >= 4 is 40.9 Å². The lowest BCUT2D eigenvalue weighted by Gasteiger charge is -2.12. The molecule has 0 unspecified atom stereocenters. The van der Waals surface area contributed by atoms with Crippen LogP contribution in [0.2, 0.25) is 10.0 Å². The first kappa shape index (κ1) is 19.8. The Labute approximate surface area is 163 Å². The molecule has 1 N–H and O–H groups in total. The lowest BCUT2D eigenvalue weighted by molar-refractivity contribution is -0.112. The number of hydrogen-bond donors (Lipinski definition) is 1. The monoisotopic (exact) mass is 388 g/mol. The Balaban J connectivity index is 2.37. The van der Waals surface area contributed by atoms with Crippen LogP contribution in [0.4, 0.5) is 5.69 Å². The zero-order chi connectivity index (χ0) is 19.1. The van der Waals surface area contributed by atoms with Crippen LogP contribution in [0, 0.1) is 18.3 Å². The third-order valence-corrected chi connectivity index (χ3v) is 4.04. The lowest BCUT2D eigenvalue weighted by atomic mass is 10.1. The number of hydrogen-bond acceptors (Lipinski definition) is 3. The third kappa shape index (κ3) is 5.01. The highest BCUT2D eigenvalue weighted by molar-refractivity contribution is 6.36. The van der Waals surface area contributed by atoms with Crippen molar-refractivity contribution in [1.29, 1.82) is 5.26 Å². The Morgan fingerprint density at radius 3 is 2.69 bits per heavy atom. The molecule has 26 heavy (non-hydrogen) atoms. The summed E-state index contributed by atoms with van der Waals surface area (Å²) in [6.45, 7) is 4.30. The predicted molar refractivity (Wildman–Crippen MR) is 106 cm³/mol. The first-order chi connectivity index (χ1) is 12.5. The fourth-order valence-corrected chi connectivity index (χ4v) is 2.81. The van der Waals surface area contributed by atoms with Crippen LogP contribution in [0.5, 0.6) is 5.75 Å². The number of nitrogens with zero attached hydrogens (tertiary/aromatic N) is 1. The van der Waals surface area contributed by atoms with Crippen LogP contribution in [0.1, 0.15) is 24.5 Å². The van der Waals surface area contributed by atoms with Crippen LogP contribution in [-0.2, 0) is 4.79 Å². The number of anilines is 1. The van der Waals surface area contributed by atoms with E-state index >= 15 is 0 Å². The number of ether oxygens (including phenoxy) is 1. The highest BCUT2D eigenvalue weighted by Crippen LogP contribution is 2.34. The van der Waals surface area contributed by atoms with E-state index in [1.165, 1.54) is 6.08 Å². The van der Waals surface area contributed by atoms with Crippen LogP contribution < -0.4 is 10.1 Å². The number of carbonyl (C=O) groups excluding carboxylic acids is 1. The molecule has 0 heterocycles. The van der Waals surface area contributed by atoms with Gasteiger partial charge < -0.3 is 10.1 Å². The minimum Gasteiger partial charge on any atom is -0.491 e. The van der Waals surface area contributed by atoms with E-state index in [2.05, 4.69) is 5.32 Å². The second-order valence-electron chi connectivity index (χ2n) is 5.59. The van der Waals surface area contributed by atoms with E-state index < -0.39 is 5.91 Å². The molecule has 134 valence electrons. The van der Waals surface area contributed by atoms with Gasteiger partial charge in [-0.1, -0.05) is 48.3 Å². The Bertz CT molecular complexity index is 886. The van der Waals surface area contributed by atoms with E-state index in [0.717, 1.165) is 12.0 Å². The van der Waals surface area contributed by atoms with Gasteiger partial charge in [-0.05, 0) is 43.2 Å². The summed E-state index contributed by atoms with van der Waals surface area (Å²) in [5.41, 5.74) is 1.95. The van der Waals surface area contributed by atoms with Crippen LogP contribution in [-0.4, -0.2) is 12.5 Å². The van der Waals surface area contributed by atoms with E-state index in [4.69, 9.17) is 27.9 Å². The zero-order valence-corrected chi connectivity index (χ0v) is 16.0. The van der Waals surface area contributed by atoms with Gasteiger partial charge in [0, 0.05) is 16.3 Å². The topological polar surface area (TPSA) is 62.1 Å². The SMILES string of the molecule is CCCOc1c(Cl)cc(Cl)cc1/C=C(\C#N)C(=O)Nc1ccccc1C. The molecule has 0 aliphatic rings. The molecule has 2 rings (SSSR count). The van der Waals surface area contributed by atoms with Crippen molar-refractivity contribution in [3.05, 3.63) is 63.1 Å². The molecule has 0 aliphatic carbocycles. The molecular weight excluding hydrogens is 371 g/mol. The number of benzene rings is 2. The van der Waals surface area contributed by atoms with E-state index in [0.29, 0.717) is 33.7 Å². The minimum absolute atomic E-state index is 0.0760. The molecule has 0 fully saturated rings. The minimum atomic E-state index is -0.515. The molecule has 1 amide bonds. The first-order valence-electron chi connectivity index (χ1n) is 8.07. The van der Waals surface area contributed by atoms with Crippen molar-refractivity contribution in [2.75, 3.05) is 11.9 Å². The largest absolute Gasteiger partial charge is 0.491 e. The van der Waals surface area contributed by atoms with Gasteiger partial charge in [-0.2, -0.15) is 5.26 Å². The number of nitriles is 1. The van der Waals surface area contributed by atoms with Gasteiger partial charge in [-0.3, -0.25) is 4.79 Å². The summed E-state index contributed by atoms with van der Waals surface area (Å²) in [6, 6.07) is 12.4. The van der Waals surface area contributed by atoms with Crippen molar-refractivity contribution in [1.82, 2.24) is 0 Å². The fourth-order valence-electron chi connectivity index (χ4n) is 2.25. The molecule has 2 aromatic rings. The Morgan fingerprint density at radius 1 is 1.31 bits per heavy atom. The lowest BCUT2D eigenvalue weighted by Crippen LogP contribution is -2.14. The van der Waals surface area contributed by atoms with Crippen molar-refractivity contribution in [3.63, 3.8) is 0 Å². The Hall–Kier alpha value is -2.48. The van der Waals surface area contributed by atoms with Crippen molar-refractivity contribution < 1.29 is 9.53 Å². The summed E-state index contributed by atoms with van der Waals surface area (Å²) in [7, 11) is 0. The summed E-state index contributed by atoms with van der Waals surface area (Å²) in [5, 5.41) is 12.9. The average molecular weight is 389 g/mol. The standard InChI is InChI=1S/C20H18Cl2N2O2/c1-3-8-26-19-14(10-16(21)11-17(19)22)9-15(12-23)20(25)24-18-7-5-4-6-13(18)2/h4-7,9-11H,3,8H2,1-2H3,(H,24,25)/b15-9+. The van der Waals surface area contributed by atoms with Gasteiger partial charge in [0.1, 0.15) is 17.4 Å². The third-order valence-electron chi connectivity index (χ3n) is 3.55. The Kier molecular flexibility index (Phi) is 7.08. The fraction of sp³-hybridized carbons (Fsp3) is 0.200. The quantitative estimate of drug-likeness (QED) is 0.514. The second-order valence-corrected chi connectivity index (χ2v) is 6.44. The maximum atomic E-state index is 12.5. The highest BCUT2D eigenvalue weighted by Gasteiger charge is 2.15. The van der Waals surface area contributed by atoms with Gasteiger partial charge in [-0.15, -0.1) is 0 Å². The number of nitrogens with one attached hydrogen (secondary N) is 1. The maximum absolute atomic E-state index is 12.5. The molecular formula is C20H18Cl2N2O2. The summed E-state index contributed by atoms with van der Waals surface area (Å²) in [6.07, 6.45) is 2.22. The maximum Gasteiger partial charge on any atom is 0.266 e. The van der Waals surface area contributed by atoms with Crippen LogP contribution in [0.3, 0.4) is 0 Å². The van der Waals surface area contributed by atoms with E-state index in [1.54, 1.807) is 18.2 Å². The molecule has 0 aromatic heterocycles. The predicted octanol–water partition coefficient (Wildman–Crippen LogP) is 5.64. The summed E-state index contributed by atoms with van der Waals surface area (Å²) >= 11 is 12.3. The summed E-state index contributed by atoms with van der Waals surface area (Å²) < 4.78 is 5.66. The van der Waals surface area contributed by atoms with Gasteiger partial charge in [0.15, 0.2) is 0 Å². The van der Waals surface area contributed by atoms with Gasteiger partial charge in [-0.25, -0.2) is 0 Å². The second kappa shape index (κ2) is 9.28. The number of para-hydroxylation sites is 1. The molecule has 0 saturated carbocycles. The molecule has 0 bridgehead atoms. The smallest absolute Gasteiger partial charge is 0.266 e. The van der Waals surface area contributed by atoms with E-state index in [-0.39, 0.29) is 5.57 Å². The van der Waals surface area contributed by atoms with Crippen LogP contribution >= 0.6 is 23.2 Å². The molecule has 6 heteroatoms. The van der Waals surface area contributed by atoms with Gasteiger partial charge in [0.25, 0.3) is 5.91 Å².